The first-order chi connectivity index (χ1) is 5.82. The highest BCUT2D eigenvalue weighted by atomic mass is 35.5. The molecule has 72 valence electrons. The van der Waals surface area contributed by atoms with Crippen LogP contribution in [-0.4, -0.2) is 8.76 Å². The van der Waals surface area contributed by atoms with Gasteiger partial charge in [0.2, 0.25) is 0 Å². The summed E-state index contributed by atoms with van der Waals surface area (Å²) in [7, 11) is -3.57. The van der Waals surface area contributed by atoms with E-state index < -0.39 is 8.77 Å². The summed E-state index contributed by atoms with van der Waals surface area (Å²) < 4.78 is 20.2. The quantitative estimate of drug-likeness (QED) is 0.856. The lowest BCUT2D eigenvalue weighted by Crippen LogP contribution is -1.98. The van der Waals surface area contributed by atoms with Gasteiger partial charge in [-0.2, -0.15) is 0 Å². The Hall–Kier alpha value is 0.420. The number of rotatable bonds is 1. The molecule has 0 radical (unpaired) electrons. The van der Waals surface area contributed by atoms with Gasteiger partial charge in [-0.05, 0) is 12.1 Å². The average molecular weight is 278 g/mol. The molecule has 1 unspecified atom stereocenters. The van der Waals surface area contributed by atoms with Crippen molar-refractivity contribution in [3.63, 3.8) is 0 Å². The molecular formula is C6H3Cl3O2S2. The Labute approximate surface area is 95.3 Å². The second kappa shape index (κ2) is 3.88. The summed E-state index contributed by atoms with van der Waals surface area (Å²) in [6.07, 6.45) is 0. The number of benzene rings is 1. The molecule has 0 fully saturated rings. The minimum Gasteiger partial charge on any atom is -0.302 e. The van der Waals surface area contributed by atoms with Gasteiger partial charge in [0.25, 0.3) is 0 Å². The highest BCUT2D eigenvalue weighted by Crippen LogP contribution is 2.32. The molecule has 1 aromatic carbocycles. The molecule has 2 nitrogen and oxygen atoms in total. The minimum absolute atomic E-state index is 0.000000000000000444. The van der Waals surface area contributed by atoms with Crippen LogP contribution in [0.4, 0.5) is 0 Å². The smallest absolute Gasteiger partial charge is 0.174 e. The SMILES string of the molecule is O=S(O)(=S)c1c(Cl)cc(Cl)cc1Cl. The second-order valence-corrected chi connectivity index (χ2v) is 6.14. The van der Waals surface area contributed by atoms with Crippen LogP contribution in [0.1, 0.15) is 0 Å². The normalized spacial score (nSPS) is 15.4. The molecule has 0 aliphatic rings. The lowest BCUT2D eigenvalue weighted by atomic mass is 10.4. The summed E-state index contributed by atoms with van der Waals surface area (Å²) in [6.45, 7) is 0. The van der Waals surface area contributed by atoms with E-state index >= 15 is 0 Å². The highest BCUT2D eigenvalue weighted by Gasteiger charge is 2.16. The lowest BCUT2D eigenvalue weighted by Gasteiger charge is -2.05. The Morgan fingerprint density at radius 1 is 1.23 bits per heavy atom. The molecule has 1 N–H and O–H groups in total. The molecule has 7 heteroatoms. The van der Waals surface area contributed by atoms with E-state index in [4.69, 9.17) is 39.4 Å². The molecule has 1 aromatic rings. The Balaban J connectivity index is 3.57. The maximum Gasteiger partial charge on any atom is 0.174 e. The van der Waals surface area contributed by atoms with Crippen LogP contribution < -0.4 is 0 Å². The van der Waals surface area contributed by atoms with Gasteiger partial charge in [-0.1, -0.05) is 34.8 Å². The van der Waals surface area contributed by atoms with Crippen LogP contribution in [0.3, 0.4) is 0 Å². The van der Waals surface area contributed by atoms with Crippen molar-refractivity contribution in [3.05, 3.63) is 27.2 Å². The fraction of sp³-hybridized carbons (Fsp3) is 0. The molecule has 1 atom stereocenters. The van der Waals surface area contributed by atoms with Crippen LogP contribution in [0.2, 0.25) is 15.1 Å². The second-order valence-electron chi connectivity index (χ2n) is 2.17. The van der Waals surface area contributed by atoms with E-state index in [2.05, 4.69) is 11.2 Å². The highest BCUT2D eigenvalue weighted by molar-refractivity contribution is 8.29. The van der Waals surface area contributed by atoms with Crippen LogP contribution >= 0.6 is 34.8 Å². The third-order valence-electron chi connectivity index (χ3n) is 1.22. The molecule has 0 aromatic heterocycles. The molecule has 0 aliphatic heterocycles. The zero-order valence-electron chi connectivity index (χ0n) is 5.96. The maximum absolute atomic E-state index is 11.1. The van der Waals surface area contributed by atoms with E-state index in [9.17, 15) is 4.21 Å². The molecule has 0 amide bonds. The maximum atomic E-state index is 11.1. The van der Waals surface area contributed by atoms with Crippen molar-refractivity contribution in [2.24, 2.45) is 0 Å². The molecule has 0 spiro atoms. The summed E-state index contributed by atoms with van der Waals surface area (Å²) in [5.41, 5.74) is 0. The van der Waals surface area contributed by atoms with E-state index in [1.165, 1.54) is 12.1 Å². The largest absolute Gasteiger partial charge is 0.302 e. The van der Waals surface area contributed by atoms with Gasteiger partial charge in [0.1, 0.15) is 4.90 Å². The van der Waals surface area contributed by atoms with Gasteiger partial charge in [0.15, 0.2) is 8.77 Å². The van der Waals surface area contributed by atoms with Crippen molar-refractivity contribution in [1.82, 2.24) is 0 Å². The van der Waals surface area contributed by atoms with Crippen molar-refractivity contribution in [2.75, 3.05) is 0 Å². The van der Waals surface area contributed by atoms with Crippen LogP contribution in [0.25, 0.3) is 0 Å². The summed E-state index contributed by atoms with van der Waals surface area (Å²) >= 11 is 21.2. The van der Waals surface area contributed by atoms with E-state index in [1.807, 2.05) is 0 Å². The van der Waals surface area contributed by atoms with Crippen LogP contribution in [-0.2, 0) is 20.0 Å². The number of halogens is 3. The van der Waals surface area contributed by atoms with Crippen molar-refractivity contribution in [2.45, 2.75) is 4.90 Å². The Kier molecular flexibility index (Phi) is 3.43. The van der Waals surface area contributed by atoms with Gasteiger partial charge in [-0.25, -0.2) is 4.21 Å². The van der Waals surface area contributed by atoms with Crippen molar-refractivity contribution in [3.8, 4) is 0 Å². The first-order valence-corrected chi connectivity index (χ1v) is 6.52. The van der Waals surface area contributed by atoms with Crippen LogP contribution in [0.5, 0.6) is 0 Å². The summed E-state index contributed by atoms with van der Waals surface area (Å²) in [6, 6.07) is 2.62. The fourth-order valence-corrected chi connectivity index (χ4v) is 3.64. The third-order valence-corrected chi connectivity index (χ3v) is 3.72. The number of hydrogen-bond acceptors (Lipinski definition) is 2. The molecule has 0 aliphatic carbocycles. The van der Waals surface area contributed by atoms with Gasteiger partial charge in [0.05, 0.1) is 10.0 Å². The monoisotopic (exact) mass is 276 g/mol. The average Bonchev–Trinajstić information content (AvgIpc) is 1.78. The van der Waals surface area contributed by atoms with Gasteiger partial charge in [-0.15, -0.1) is 0 Å². The van der Waals surface area contributed by atoms with Crippen LogP contribution in [0, 0.1) is 0 Å². The van der Waals surface area contributed by atoms with E-state index in [-0.39, 0.29) is 20.0 Å². The molecule has 1 rings (SSSR count). The molecule has 0 bridgehead atoms. The van der Waals surface area contributed by atoms with E-state index in [0.717, 1.165) is 0 Å². The fourth-order valence-electron chi connectivity index (χ4n) is 0.775. The topological polar surface area (TPSA) is 37.3 Å². The zero-order chi connectivity index (χ0) is 10.2. The third kappa shape index (κ3) is 2.68. The molecule has 0 saturated heterocycles. The lowest BCUT2D eigenvalue weighted by molar-refractivity contribution is 0.562. The Morgan fingerprint density at radius 3 is 1.92 bits per heavy atom. The summed E-state index contributed by atoms with van der Waals surface area (Å²) in [5.74, 6) is 0. The first kappa shape index (κ1) is 11.5. The minimum atomic E-state index is -3.57. The van der Waals surface area contributed by atoms with Crippen molar-refractivity contribution in [1.29, 1.82) is 0 Å². The first-order valence-electron chi connectivity index (χ1n) is 2.94. The van der Waals surface area contributed by atoms with Crippen LogP contribution in [0.15, 0.2) is 17.0 Å². The summed E-state index contributed by atoms with van der Waals surface area (Å²) in [4.78, 5) is -0.157. The molecule has 0 saturated carbocycles. The van der Waals surface area contributed by atoms with Gasteiger partial charge in [0, 0.05) is 16.2 Å². The van der Waals surface area contributed by atoms with Gasteiger partial charge >= 0.3 is 0 Å². The molecule has 0 heterocycles. The van der Waals surface area contributed by atoms with Gasteiger partial charge in [-0.3, -0.25) is 0 Å². The van der Waals surface area contributed by atoms with Crippen molar-refractivity contribution < 1.29 is 8.76 Å². The van der Waals surface area contributed by atoms with E-state index in [0.29, 0.717) is 0 Å². The Morgan fingerprint density at radius 2 is 1.62 bits per heavy atom. The predicted octanol–water partition coefficient (Wildman–Crippen LogP) is 3.23. The molecule has 13 heavy (non-hydrogen) atoms. The standard InChI is InChI=1S/C6H3Cl3O2S2/c7-3-1-4(8)6(5(9)2-3)13(10,11)12/h1-2H,(H,10,11,12). The van der Waals surface area contributed by atoms with Gasteiger partial charge < -0.3 is 4.55 Å². The van der Waals surface area contributed by atoms with Crippen molar-refractivity contribution >= 4 is 54.8 Å². The summed E-state index contributed by atoms with van der Waals surface area (Å²) in [5, 5.41) is 0.289. The Bertz CT molecular complexity index is 418. The number of hydrogen-bond donors (Lipinski definition) is 1. The zero-order valence-corrected chi connectivity index (χ0v) is 9.86. The molecular weight excluding hydrogens is 275 g/mol. The van der Waals surface area contributed by atoms with E-state index in [1.54, 1.807) is 0 Å². The predicted molar refractivity (Wildman–Crippen MR) is 57.9 cm³/mol.